The molecule has 1 amide bonds. The summed E-state index contributed by atoms with van der Waals surface area (Å²) in [4.78, 5) is 15.6. The third kappa shape index (κ3) is 4.86. The van der Waals surface area contributed by atoms with Gasteiger partial charge in [0.25, 0.3) is 15.9 Å². The summed E-state index contributed by atoms with van der Waals surface area (Å²) in [6, 6.07) is 17.8. The summed E-state index contributed by atoms with van der Waals surface area (Å²) in [6.45, 7) is 1.18. The molecule has 3 aromatic carbocycles. The summed E-state index contributed by atoms with van der Waals surface area (Å²) in [6.07, 6.45) is 0. The number of aryl methyl sites for hydroxylation is 1. The number of aromatic hydroxyl groups is 1. The third-order valence-corrected chi connectivity index (χ3v) is 7.24. The molecule has 11 heteroatoms. The molecule has 1 heterocycles. The van der Waals surface area contributed by atoms with E-state index in [1.54, 1.807) is 42.5 Å². The molecule has 0 saturated heterocycles. The van der Waals surface area contributed by atoms with Crippen molar-refractivity contribution in [3.05, 3.63) is 72.3 Å². The van der Waals surface area contributed by atoms with Gasteiger partial charge in [0.15, 0.2) is 5.69 Å². The lowest BCUT2D eigenvalue weighted by atomic mass is 10.2. The number of benzene rings is 3. The van der Waals surface area contributed by atoms with Crippen LogP contribution in [0.25, 0.3) is 10.9 Å². The number of rotatable bonds is 8. The number of aromatic nitrogens is 1. The third-order valence-electron chi connectivity index (χ3n) is 5.46. The van der Waals surface area contributed by atoms with Gasteiger partial charge in [0, 0.05) is 11.5 Å². The Labute approximate surface area is 207 Å². The van der Waals surface area contributed by atoms with E-state index in [9.17, 15) is 18.3 Å². The van der Waals surface area contributed by atoms with E-state index in [4.69, 9.17) is 9.47 Å². The number of H-pyrrole nitrogens is 1. The minimum atomic E-state index is -4.20. The number of carbonyl (C=O) groups is 1. The molecular weight excluding hydrogens is 484 g/mol. The highest BCUT2D eigenvalue weighted by molar-refractivity contribution is 7.92. The summed E-state index contributed by atoms with van der Waals surface area (Å²) in [5.41, 5.74) is 1.69. The van der Waals surface area contributed by atoms with Crippen molar-refractivity contribution in [3.63, 3.8) is 0 Å². The predicted octanol–water partition coefficient (Wildman–Crippen LogP) is 4.70. The van der Waals surface area contributed by atoms with Crippen LogP contribution in [0.1, 0.15) is 5.56 Å². The number of nitrogens with zero attached hydrogens (tertiary/aromatic N) is 3. The SMILES string of the molecule is COc1ccc(N(CC(=O)N=Nc2c(O)[nH]c3ccccc23)S(=O)(=O)c2ccc(C)cc2)c(OC)c1. The number of ether oxygens (including phenoxy) is 2. The minimum Gasteiger partial charge on any atom is -0.497 e. The predicted molar refractivity (Wildman–Crippen MR) is 135 cm³/mol. The Morgan fingerprint density at radius 2 is 1.75 bits per heavy atom. The van der Waals surface area contributed by atoms with Crippen LogP contribution < -0.4 is 13.8 Å². The first kappa shape index (κ1) is 24.7. The van der Waals surface area contributed by atoms with Crippen molar-refractivity contribution in [1.82, 2.24) is 4.98 Å². The molecule has 4 aromatic rings. The van der Waals surface area contributed by atoms with E-state index in [-0.39, 0.29) is 27.9 Å². The number of hydrogen-bond donors (Lipinski definition) is 2. The van der Waals surface area contributed by atoms with Crippen molar-refractivity contribution in [1.29, 1.82) is 0 Å². The second kappa shape index (κ2) is 10.1. The fourth-order valence-corrected chi connectivity index (χ4v) is 5.03. The molecule has 0 aliphatic heterocycles. The summed E-state index contributed by atoms with van der Waals surface area (Å²) in [5.74, 6) is -0.477. The maximum absolute atomic E-state index is 13.6. The number of carbonyl (C=O) groups excluding carboxylic acids is 1. The molecule has 0 unspecified atom stereocenters. The maximum atomic E-state index is 13.6. The standard InChI is InChI=1S/C25H24N4O6S/c1-16-8-11-18(12-9-16)36(32,33)29(21-13-10-17(34-2)14-22(21)35-3)15-23(30)27-28-24-19-6-4-5-7-20(19)26-25(24)31/h4-14,26,31H,15H2,1-3H3. The number of fused-ring (bicyclic) bond motifs is 1. The summed E-state index contributed by atoms with van der Waals surface area (Å²) < 4.78 is 38.8. The lowest BCUT2D eigenvalue weighted by molar-refractivity contribution is -0.116. The number of methoxy groups -OCH3 is 2. The molecule has 36 heavy (non-hydrogen) atoms. The Bertz CT molecular complexity index is 1540. The second-order valence-corrected chi connectivity index (χ2v) is 9.69. The number of anilines is 1. The molecule has 1 aromatic heterocycles. The molecular formula is C25H24N4O6S. The van der Waals surface area contributed by atoms with Crippen molar-refractivity contribution >= 4 is 38.2 Å². The van der Waals surface area contributed by atoms with Gasteiger partial charge in [-0.3, -0.25) is 9.10 Å². The van der Waals surface area contributed by atoms with E-state index in [2.05, 4.69) is 15.2 Å². The zero-order chi connectivity index (χ0) is 25.9. The topological polar surface area (TPSA) is 134 Å². The average molecular weight is 509 g/mol. The Balaban J connectivity index is 1.73. The molecule has 4 rings (SSSR count). The maximum Gasteiger partial charge on any atom is 0.285 e. The normalized spacial score (nSPS) is 11.6. The van der Waals surface area contributed by atoms with Crippen LogP contribution in [0.2, 0.25) is 0 Å². The Hall–Kier alpha value is -4.38. The van der Waals surface area contributed by atoms with Gasteiger partial charge in [0.05, 0.1) is 30.3 Å². The zero-order valence-corrected chi connectivity index (χ0v) is 20.6. The van der Waals surface area contributed by atoms with Crippen LogP contribution in [0.3, 0.4) is 0 Å². The molecule has 0 bridgehead atoms. The van der Waals surface area contributed by atoms with Gasteiger partial charge in [-0.05, 0) is 37.3 Å². The van der Waals surface area contributed by atoms with Crippen LogP contribution in [-0.4, -0.2) is 45.2 Å². The summed E-state index contributed by atoms with van der Waals surface area (Å²) in [7, 11) is -1.34. The highest BCUT2D eigenvalue weighted by atomic mass is 32.2. The quantitative estimate of drug-likeness (QED) is 0.331. The second-order valence-electron chi connectivity index (χ2n) is 7.82. The molecule has 10 nitrogen and oxygen atoms in total. The van der Waals surface area contributed by atoms with Gasteiger partial charge >= 0.3 is 0 Å². The number of azo groups is 1. The van der Waals surface area contributed by atoms with Gasteiger partial charge < -0.3 is 19.6 Å². The van der Waals surface area contributed by atoms with E-state index in [0.29, 0.717) is 16.7 Å². The van der Waals surface area contributed by atoms with E-state index in [1.807, 2.05) is 6.92 Å². The van der Waals surface area contributed by atoms with Crippen LogP contribution in [0.4, 0.5) is 11.4 Å². The summed E-state index contributed by atoms with van der Waals surface area (Å²) >= 11 is 0. The molecule has 186 valence electrons. The minimum absolute atomic E-state index is 0.00928. The Morgan fingerprint density at radius 3 is 2.44 bits per heavy atom. The van der Waals surface area contributed by atoms with Gasteiger partial charge in [-0.25, -0.2) is 8.42 Å². The number of aromatic amines is 1. The number of sulfonamides is 1. The monoisotopic (exact) mass is 508 g/mol. The van der Waals surface area contributed by atoms with Crippen molar-refractivity contribution in [2.75, 3.05) is 25.1 Å². The highest BCUT2D eigenvalue weighted by Gasteiger charge is 2.30. The smallest absolute Gasteiger partial charge is 0.285 e. The van der Waals surface area contributed by atoms with Crippen LogP contribution in [0.5, 0.6) is 17.4 Å². The first-order valence-electron chi connectivity index (χ1n) is 10.8. The number of nitrogens with one attached hydrogen (secondary N) is 1. The Morgan fingerprint density at radius 1 is 1.03 bits per heavy atom. The van der Waals surface area contributed by atoms with Crippen molar-refractivity contribution in [2.24, 2.45) is 10.2 Å². The van der Waals surface area contributed by atoms with Gasteiger partial charge in [0.1, 0.15) is 18.0 Å². The fraction of sp³-hybridized carbons (Fsp3) is 0.160. The molecule has 0 aliphatic rings. The first-order valence-corrected chi connectivity index (χ1v) is 12.2. The molecule has 0 radical (unpaired) electrons. The lowest BCUT2D eigenvalue weighted by Gasteiger charge is -2.25. The van der Waals surface area contributed by atoms with E-state index in [1.165, 1.54) is 38.5 Å². The van der Waals surface area contributed by atoms with E-state index < -0.39 is 22.5 Å². The first-order chi connectivity index (χ1) is 17.2. The van der Waals surface area contributed by atoms with Crippen molar-refractivity contribution in [2.45, 2.75) is 11.8 Å². The lowest BCUT2D eigenvalue weighted by Crippen LogP contribution is -2.35. The molecule has 0 atom stereocenters. The number of para-hydroxylation sites is 1. The molecule has 0 aliphatic carbocycles. The molecule has 0 fully saturated rings. The van der Waals surface area contributed by atoms with Gasteiger partial charge in [-0.1, -0.05) is 35.9 Å². The largest absolute Gasteiger partial charge is 0.497 e. The fourth-order valence-electron chi connectivity index (χ4n) is 3.60. The molecule has 2 N–H and O–H groups in total. The summed E-state index contributed by atoms with van der Waals surface area (Å²) in [5, 5.41) is 18.3. The van der Waals surface area contributed by atoms with Crippen LogP contribution in [-0.2, 0) is 14.8 Å². The van der Waals surface area contributed by atoms with Gasteiger partial charge in [-0.15, -0.1) is 10.2 Å². The molecule has 0 saturated carbocycles. The Kier molecular flexibility index (Phi) is 6.93. The highest BCUT2D eigenvalue weighted by Crippen LogP contribution is 2.37. The zero-order valence-electron chi connectivity index (χ0n) is 19.8. The number of amides is 1. The van der Waals surface area contributed by atoms with Crippen molar-refractivity contribution in [3.8, 4) is 17.4 Å². The van der Waals surface area contributed by atoms with Gasteiger partial charge in [0.2, 0.25) is 5.88 Å². The number of hydrogen-bond acceptors (Lipinski definition) is 7. The van der Waals surface area contributed by atoms with Crippen molar-refractivity contribution < 1.29 is 27.8 Å². The van der Waals surface area contributed by atoms with Crippen LogP contribution >= 0.6 is 0 Å². The van der Waals surface area contributed by atoms with Crippen LogP contribution in [0, 0.1) is 6.92 Å². The van der Waals surface area contributed by atoms with Gasteiger partial charge in [-0.2, -0.15) is 0 Å². The molecule has 0 spiro atoms. The average Bonchev–Trinajstić information content (AvgIpc) is 3.20. The van der Waals surface area contributed by atoms with Crippen LogP contribution in [0.15, 0.2) is 81.9 Å². The van der Waals surface area contributed by atoms with E-state index in [0.717, 1.165) is 9.87 Å². The van der Waals surface area contributed by atoms with E-state index >= 15 is 0 Å².